The third-order valence-electron chi connectivity index (χ3n) is 5.18. The van der Waals surface area contributed by atoms with Crippen molar-refractivity contribution in [1.82, 2.24) is 4.90 Å². The van der Waals surface area contributed by atoms with Gasteiger partial charge in [0.15, 0.2) is 0 Å². The number of nitrogens with zero attached hydrogens (tertiary/aromatic N) is 1. The van der Waals surface area contributed by atoms with E-state index in [9.17, 15) is 4.79 Å². The van der Waals surface area contributed by atoms with E-state index in [1.807, 2.05) is 25.3 Å². The number of likely N-dealkylation sites (tertiary alicyclic amines) is 1. The molecule has 1 heterocycles. The maximum Gasteiger partial charge on any atom is 0.232 e. The Balaban J connectivity index is 1.58. The molecule has 1 saturated heterocycles. The summed E-state index contributed by atoms with van der Waals surface area (Å²) in [4.78, 5) is 15.8. The molecule has 4 heteroatoms. The van der Waals surface area contributed by atoms with Gasteiger partial charge in [0.05, 0.1) is 11.9 Å². The summed E-state index contributed by atoms with van der Waals surface area (Å²) >= 11 is 1.64. The zero-order chi connectivity index (χ0) is 15.4. The summed E-state index contributed by atoms with van der Waals surface area (Å²) in [5.41, 5.74) is 0.222. The van der Waals surface area contributed by atoms with Gasteiger partial charge in [0.25, 0.3) is 0 Å². The molecule has 2 fully saturated rings. The van der Waals surface area contributed by atoms with Crippen molar-refractivity contribution in [2.24, 2.45) is 5.41 Å². The molecular formula is C18H25NO2S. The first-order valence-electron chi connectivity index (χ1n) is 8.22. The lowest BCUT2D eigenvalue weighted by Crippen LogP contribution is -2.50. The van der Waals surface area contributed by atoms with Gasteiger partial charge in [-0.2, -0.15) is 0 Å². The van der Waals surface area contributed by atoms with Gasteiger partial charge in [-0.05, 0) is 37.8 Å². The number of piperidine rings is 1. The van der Waals surface area contributed by atoms with E-state index in [1.54, 1.807) is 11.8 Å². The van der Waals surface area contributed by atoms with E-state index in [-0.39, 0.29) is 11.3 Å². The summed E-state index contributed by atoms with van der Waals surface area (Å²) in [5, 5.41) is 0. The fourth-order valence-electron chi connectivity index (χ4n) is 4.07. The van der Waals surface area contributed by atoms with Crippen molar-refractivity contribution >= 4 is 17.7 Å². The van der Waals surface area contributed by atoms with E-state index < -0.39 is 0 Å². The van der Waals surface area contributed by atoms with Crippen molar-refractivity contribution in [2.75, 3.05) is 26.0 Å². The number of rotatable bonds is 4. The van der Waals surface area contributed by atoms with E-state index in [2.05, 4.69) is 17.0 Å². The minimum Gasteiger partial charge on any atom is -0.381 e. The zero-order valence-corrected chi connectivity index (χ0v) is 14.1. The van der Waals surface area contributed by atoms with Crippen LogP contribution >= 0.6 is 11.8 Å². The summed E-state index contributed by atoms with van der Waals surface area (Å²) in [6.07, 6.45) is 6.25. The molecule has 3 rings (SSSR count). The van der Waals surface area contributed by atoms with Gasteiger partial charge in [-0.25, -0.2) is 0 Å². The second kappa shape index (κ2) is 7.05. The number of carbonyl (C=O) groups is 1. The summed E-state index contributed by atoms with van der Waals surface area (Å²) < 4.78 is 5.72. The predicted octanol–water partition coefficient (Wildman–Crippen LogP) is 3.59. The van der Waals surface area contributed by atoms with Crippen molar-refractivity contribution in [3.05, 3.63) is 30.3 Å². The number of amides is 1. The number of thioether (sulfide) groups is 1. The van der Waals surface area contributed by atoms with E-state index in [0.717, 1.165) is 25.9 Å². The molecule has 1 aliphatic carbocycles. The first-order chi connectivity index (χ1) is 10.7. The highest BCUT2D eigenvalue weighted by molar-refractivity contribution is 8.00. The van der Waals surface area contributed by atoms with Crippen molar-refractivity contribution in [1.29, 1.82) is 0 Å². The summed E-state index contributed by atoms with van der Waals surface area (Å²) in [6.45, 7) is 1.80. The lowest BCUT2D eigenvalue weighted by molar-refractivity contribution is -0.134. The number of hydrogen-bond donors (Lipinski definition) is 0. The first kappa shape index (κ1) is 15.9. The second-order valence-electron chi connectivity index (χ2n) is 6.50. The maximum atomic E-state index is 12.6. The van der Waals surface area contributed by atoms with Crippen molar-refractivity contribution < 1.29 is 9.53 Å². The van der Waals surface area contributed by atoms with Crippen LogP contribution in [0.2, 0.25) is 0 Å². The molecule has 1 spiro atoms. The predicted molar refractivity (Wildman–Crippen MR) is 90.1 cm³/mol. The maximum absolute atomic E-state index is 12.6. The minimum absolute atomic E-state index is 0.222. The van der Waals surface area contributed by atoms with Crippen LogP contribution in [-0.2, 0) is 9.53 Å². The van der Waals surface area contributed by atoms with Gasteiger partial charge >= 0.3 is 0 Å². The lowest BCUT2D eigenvalue weighted by Gasteiger charge is -2.43. The topological polar surface area (TPSA) is 29.5 Å². The highest BCUT2D eigenvalue weighted by Crippen LogP contribution is 2.46. The Bertz CT molecular complexity index is 507. The van der Waals surface area contributed by atoms with Crippen LogP contribution in [0.1, 0.15) is 32.1 Å². The molecule has 0 N–H and O–H groups in total. The van der Waals surface area contributed by atoms with Crippen molar-refractivity contribution in [2.45, 2.75) is 43.1 Å². The highest BCUT2D eigenvalue weighted by Gasteiger charge is 2.46. The van der Waals surface area contributed by atoms with Crippen LogP contribution < -0.4 is 0 Å². The molecule has 22 heavy (non-hydrogen) atoms. The van der Waals surface area contributed by atoms with Crippen LogP contribution in [0.3, 0.4) is 0 Å². The molecule has 0 aromatic heterocycles. The number of benzene rings is 1. The van der Waals surface area contributed by atoms with Gasteiger partial charge in [-0.3, -0.25) is 4.79 Å². The molecule has 120 valence electrons. The molecule has 3 nitrogen and oxygen atoms in total. The molecule has 1 saturated carbocycles. The largest absolute Gasteiger partial charge is 0.381 e. The number of carbonyl (C=O) groups excluding carboxylic acids is 1. The Morgan fingerprint density at radius 1 is 1.32 bits per heavy atom. The summed E-state index contributed by atoms with van der Waals surface area (Å²) in [7, 11) is 1.82. The molecule has 1 aromatic carbocycles. The van der Waals surface area contributed by atoms with E-state index >= 15 is 0 Å². The van der Waals surface area contributed by atoms with E-state index in [1.165, 1.54) is 24.2 Å². The Morgan fingerprint density at radius 3 is 2.86 bits per heavy atom. The van der Waals surface area contributed by atoms with Gasteiger partial charge in [-0.15, -0.1) is 11.8 Å². The Kier molecular flexibility index (Phi) is 5.09. The molecule has 1 aromatic rings. The molecular weight excluding hydrogens is 294 g/mol. The van der Waals surface area contributed by atoms with Crippen molar-refractivity contribution in [3.63, 3.8) is 0 Å². The van der Waals surface area contributed by atoms with Crippen LogP contribution in [0.15, 0.2) is 35.2 Å². The molecule has 0 unspecified atom stereocenters. The fourth-order valence-corrected chi connectivity index (χ4v) is 4.89. The quantitative estimate of drug-likeness (QED) is 0.794. The smallest absolute Gasteiger partial charge is 0.232 e. The second-order valence-corrected chi connectivity index (χ2v) is 7.55. The van der Waals surface area contributed by atoms with Crippen LogP contribution in [0.5, 0.6) is 0 Å². The van der Waals surface area contributed by atoms with Crippen LogP contribution in [0, 0.1) is 5.41 Å². The number of methoxy groups -OCH3 is 1. The summed E-state index contributed by atoms with van der Waals surface area (Å²) in [5.74, 6) is 0.812. The van der Waals surface area contributed by atoms with E-state index in [4.69, 9.17) is 4.74 Å². The third kappa shape index (κ3) is 3.33. The molecule has 2 atom stereocenters. The van der Waals surface area contributed by atoms with Gasteiger partial charge in [0, 0.05) is 30.5 Å². The Hall–Kier alpha value is -1.00. The lowest BCUT2D eigenvalue weighted by atomic mass is 9.76. The van der Waals surface area contributed by atoms with Gasteiger partial charge < -0.3 is 9.64 Å². The summed E-state index contributed by atoms with van der Waals surface area (Å²) in [6, 6.07) is 10.2. The zero-order valence-electron chi connectivity index (χ0n) is 13.3. The first-order valence-corrected chi connectivity index (χ1v) is 9.20. The minimum atomic E-state index is 0.222. The van der Waals surface area contributed by atoms with Gasteiger partial charge in [0.2, 0.25) is 5.91 Å². The molecule has 0 bridgehead atoms. The molecule has 1 amide bonds. The Morgan fingerprint density at radius 2 is 2.09 bits per heavy atom. The van der Waals surface area contributed by atoms with Gasteiger partial charge in [0.1, 0.15) is 0 Å². The number of ether oxygens (including phenoxy) is 1. The Labute approximate surface area is 137 Å². The third-order valence-corrected chi connectivity index (χ3v) is 6.17. The monoisotopic (exact) mass is 319 g/mol. The van der Waals surface area contributed by atoms with Crippen LogP contribution in [-0.4, -0.2) is 42.9 Å². The average Bonchev–Trinajstić information content (AvgIpc) is 2.95. The van der Waals surface area contributed by atoms with E-state index in [0.29, 0.717) is 11.9 Å². The molecule has 0 radical (unpaired) electrons. The average molecular weight is 319 g/mol. The number of hydrogen-bond acceptors (Lipinski definition) is 3. The molecule has 1 aliphatic heterocycles. The van der Waals surface area contributed by atoms with Gasteiger partial charge in [-0.1, -0.05) is 24.6 Å². The van der Waals surface area contributed by atoms with Crippen molar-refractivity contribution in [3.8, 4) is 0 Å². The SMILES string of the molecule is CO[C@@H]1CCC[C@@]12CCCN(C(=O)CSc1ccccc1)C2. The fraction of sp³-hybridized carbons (Fsp3) is 0.611. The highest BCUT2D eigenvalue weighted by atomic mass is 32.2. The van der Waals surface area contributed by atoms with Crippen LogP contribution in [0.4, 0.5) is 0 Å². The normalized spacial score (nSPS) is 28.2. The molecule has 2 aliphatic rings. The standard InChI is InChI=1S/C18H25NO2S/c1-21-16-9-5-10-18(16)11-6-12-19(14-18)17(20)13-22-15-7-3-2-4-8-15/h2-4,7-8,16H,5-6,9-14H2,1H3/t16-,18+/m1/s1. The van der Waals surface area contributed by atoms with Crippen LogP contribution in [0.25, 0.3) is 0 Å².